The molecule has 0 unspecified atom stereocenters. The maximum atomic E-state index is 5.41. The van der Waals surface area contributed by atoms with Gasteiger partial charge in [-0.3, -0.25) is 5.84 Å². The van der Waals surface area contributed by atoms with Crippen LogP contribution in [-0.4, -0.2) is 0 Å². The van der Waals surface area contributed by atoms with Crippen LogP contribution in [0.25, 0.3) is 0 Å². The molecule has 12 heavy (non-hydrogen) atoms. The lowest BCUT2D eigenvalue weighted by Gasteiger charge is -2.09. The predicted octanol–water partition coefficient (Wildman–Crippen LogP) is 2.90. The summed E-state index contributed by atoms with van der Waals surface area (Å²) in [6.07, 6.45) is 0.981. The van der Waals surface area contributed by atoms with E-state index in [1.165, 1.54) is 5.56 Å². The molecule has 0 aromatic heterocycles. The second-order valence-corrected chi connectivity index (χ2v) is 4.50. The van der Waals surface area contributed by atoms with Crippen LogP contribution in [0.4, 0.5) is 5.69 Å². The van der Waals surface area contributed by atoms with E-state index in [1.54, 1.807) is 0 Å². The third-order valence-corrected chi connectivity index (χ3v) is 2.97. The summed E-state index contributed by atoms with van der Waals surface area (Å²) >= 11 is 5.71. The fourth-order valence-electron chi connectivity index (χ4n) is 1.07. The second kappa shape index (κ2) is 4.43. The van der Waals surface area contributed by atoms with E-state index in [4.69, 9.17) is 5.84 Å². The third-order valence-electron chi connectivity index (χ3n) is 1.66. The van der Waals surface area contributed by atoms with Gasteiger partial charge in [-0.25, -0.2) is 0 Å². The molecule has 0 atom stereocenters. The average Bonchev–Trinajstić information content (AvgIpc) is 2.03. The number of halogens is 2. The zero-order valence-corrected chi connectivity index (χ0v) is 10.4. The molecule has 0 aliphatic heterocycles. The monoisotopic (exact) mass is 340 g/mol. The molecule has 66 valence electrons. The minimum Gasteiger partial charge on any atom is -0.323 e. The van der Waals surface area contributed by atoms with E-state index in [-0.39, 0.29) is 0 Å². The van der Waals surface area contributed by atoms with Crippen LogP contribution >= 0.6 is 38.5 Å². The normalized spacial score (nSPS) is 10.0. The van der Waals surface area contributed by atoms with Crippen LogP contribution < -0.4 is 11.3 Å². The number of hydrazine groups is 1. The molecule has 3 N–H and O–H groups in total. The summed E-state index contributed by atoms with van der Waals surface area (Å²) < 4.78 is 2.24. The number of nitrogen functional groups attached to an aromatic ring is 1. The molecule has 2 nitrogen and oxygen atoms in total. The van der Waals surface area contributed by atoms with Crippen molar-refractivity contribution in [3.8, 4) is 0 Å². The van der Waals surface area contributed by atoms with Gasteiger partial charge in [0.15, 0.2) is 0 Å². The fraction of sp³-hybridized carbons (Fsp3) is 0.250. The van der Waals surface area contributed by atoms with Crippen LogP contribution in [0.1, 0.15) is 12.5 Å². The van der Waals surface area contributed by atoms with E-state index in [0.29, 0.717) is 0 Å². The van der Waals surface area contributed by atoms with Crippen molar-refractivity contribution < 1.29 is 0 Å². The first-order chi connectivity index (χ1) is 5.69. The van der Waals surface area contributed by atoms with Crippen LogP contribution in [0.2, 0.25) is 0 Å². The van der Waals surface area contributed by atoms with E-state index < -0.39 is 0 Å². The largest absolute Gasteiger partial charge is 0.323 e. The number of anilines is 1. The first kappa shape index (κ1) is 10.3. The smallest absolute Gasteiger partial charge is 0.0651 e. The van der Waals surface area contributed by atoms with Crippen molar-refractivity contribution in [2.75, 3.05) is 5.43 Å². The van der Waals surface area contributed by atoms with E-state index in [0.717, 1.165) is 20.2 Å². The molecular weight excluding hydrogens is 331 g/mol. The summed E-state index contributed by atoms with van der Waals surface area (Å²) in [5, 5.41) is 0. The van der Waals surface area contributed by atoms with Crippen molar-refractivity contribution in [1.29, 1.82) is 0 Å². The number of nitrogens with two attached hydrogens (primary N) is 1. The van der Waals surface area contributed by atoms with Gasteiger partial charge in [-0.2, -0.15) is 0 Å². The Labute approximate surface area is 94.2 Å². The molecule has 0 bridgehead atoms. The van der Waals surface area contributed by atoms with Crippen molar-refractivity contribution in [2.24, 2.45) is 5.84 Å². The number of rotatable bonds is 2. The van der Waals surface area contributed by atoms with Crippen LogP contribution in [-0.2, 0) is 6.42 Å². The number of aryl methyl sites for hydroxylation is 1. The number of hydrogen-bond acceptors (Lipinski definition) is 2. The third kappa shape index (κ3) is 2.11. The molecule has 0 aliphatic rings. The highest BCUT2D eigenvalue weighted by atomic mass is 127. The molecule has 1 aromatic rings. The van der Waals surface area contributed by atoms with Crippen LogP contribution in [0.3, 0.4) is 0 Å². The Kier molecular flexibility index (Phi) is 3.79. The van der Waals surface area contributed by atoms with Crippen LogP contribution in [0.5, 0.6) is 0 Å². The molecule has 0 aliphatic carbocycles. The van der Waals surface area contributed by atoms with Gasteiger partial charge in [0.05, 0.1) is 5.69 Å². The fourth-order valence-corrected chi connectivity index (χ4v) is 2.84. The van der Waals surface area contributed by atoms with Gasteiger partial charge in [-0.05, 0) is 46.7 Å². The van der Waals surface area contributed by atoms with Gasteiger partial charge in [-0.1, -0.05) is 22.9 Å². The highest BCUT2D eigenvalue weighted by Gasteiger charge is 2.04. The van der Waals surface area contributed by atoms with E-state index in [1.807, 2.05) is 6.07 Å². The molecule has 0 saturated heterocycles. The van der Waals surface area contributed by atoms with E-state index in [2.05, 4.69) is 56.9 Å². The number of benzene rings is 1. The van der Waals surface area contributed by atoms with E-state index in [9.17, 15) is 0 Å². The molecule has 0 amide bonds. The molecule has 0 radical (unpaired) electrons. The summed E-state index contributed by atoms with van der Waals surface area (Å²) in [4.78, 5) is 0. The summed E-state index contributed by atoms with van der Waals surface area (Å²) in [5.74, 6) is 5.41. The minimum atomic E-state index is 0.981. The van der Waals surface area contributed by atoms with Crippen LogP contribution in [0.15, 0.2) is 16.6 Å². The number of hydrogen-bond donors (Lipinski definition) is 2. The van der Waals surface area contributed by atoms with Gasteiger partial charge >= 0.3 is 0 Å². The van der Waals surface area contributed by atoms with Crippen molar-refractivity contribution in [3.05, 3.63) is 25.7 Å². The first-order valence-electron chi connectivity index (χ1n) is 3.63. The van der Waals surface area contributed by atoms with Gasteiger partial charge in [0, 0.05) is 8.04 Å². The Balaban J connectivity index is 3.24. The van der Waals surface area contributed by atoms with Crippen molar-refractivity contribution in [1.82, 2.24) is 0 Å². The molecule has 4 heteroatoms. The van der Waals surface area contributed by atoms with Crippen LogP contribution in [0, 0.1) is 3.57 Å². The lowest BCUT2D eigenvalue weighted by atomic mass is 10.1. The van der Waals surface area contributed by atoms with Crippen molar-refractivity contribution in [2.45, 2.75) is 13.3 Å². The quantitative estimate of drug-likeness (QED) is 0.493. The standard InChI is InChI=1S/C8H10BrIN2/c1-2-5-3-6(9)4-7(10)8(5)12-11/h3-4,12H,2,11H2,1H3. The zero-order valence-electron chi connectivity index (χ0n) is 6.70. The van der Waals surface area contributed by atoms with Crippen molar-refractivity contribution >= 4 is 44.2 Å². The maximum Gasteiger partial charge on any atom is 0.0651 e. The molecule has 0 saturated carbocycles. The Morgan fingerprint density at radius 2 is 2.25 bits per heavy atom. The zero-order chi connectivity index (χ0) is 9.14. The minimum absolute atomic E-state index is 0.981. The Bertz CT molecular complexity index is 289. The van der Waals surface area contributed by atoms with E-state index >= 15 is 0 Å². The molecule has 1 aromatic carbocycles. The summed E-state index contributed by atoms with van der Waals surface area (Å²) in [7, 11) is 0. The Morgan fingerprint density at radius 1 is 1.58 bits per heavy atom. The van der Waals surface area contributed by atoms with Gasteiger partial charge in [0.2, 0.25) is 0 Å². The maximum absolute atomic E-state index is 5.41. The number of nitrogens with one attached hydrogen (secondary N) is 1. The molecule has 0 fully saturated rings. The molecule has 1 rings (SSSR count). The Hall–Kier alpha value is 0.190. The predicted molar refractivity (Wildman–Crippen MR) is 64.0 cm³/mol. The lowest BCUT2D eigenvalue weighted by molar-refractivity contribution is 1.12. The first-order valence-corrected chi connectivity index (χ1v) is 5.50. The molecule has 0 heterocycles. The molecule has 0 spiro atoms. The second-order valence-electron chi connectivity index (χ2n) is 2.42. The lowest BCUT2D eigenvalue weighted by Crippen LogP contribution is -2.10. The van der Waals surface area contributed by atoms with Gasteiger partial charge in [0.25, 0.3) is 0 Å². The highest BCUT2D eigenvalue weighted by molar-refractivity contribution is 14.1. The van der Waals surface area contributed by atoms with Gasteiger partial charge in [-0.15, -0.1) is 0 Å². The van der Waals surface area contributed by atoms with Gasteiger partial charge in [0.1, 0.15) is 0 Å². The molecular formula is C8H10BrIN2. The Morgan fingerprint density at radius 3 is 2.75 bits per heavy atom. The highest BCUT2D eigenvalue weighted by Crippen LogP contribution is 2.27. The SMILES string of the molecule is CCc1cc(Br)cc(I)c1NN. The summed E-state index contributed by atoms with van der Waals surface area (Å²) in [6.45, 7) is 2.11. The van der Waals surface area contributed by atoms with Crippen molar-refractivity contribution in [3.63, 3.8) is 0 Å². The average molecular weight is 341 g/mol. The topological polar surface area (TPSA) is 38.0 Å². The summed E-state index contributed by atoms with van der Waals surface area (Å²) in [6, 6.07) is 4.12. The van der Waals surface area contributed by atoms with Gasteiger partial charge < -0.3 is 5.43 Å². The summed E-state index contributed by atoms with van der Waals surface area (Å²) in [5.41, 5.74) is 4.98.